The molecule has 3 heteroatoms. The monoisotopic (exact) mass is 311 g/mol. The van der Waals surface area contributed by atoms with Crippen LogP contribution in [0.1, 0.15) is 24.0 Å². The molecule has 2 aliphatic rings. The Morgan fingerprint density at radius 2 is 1.96 bits per heavy atom. The van der Waals surface area contributed by atoms with Gasteiger partial charge in [-0.05, 0) is 42.7 Å². The van der Waals surface area contributed by atoms with E-state index in [1.807, 2.05) is 12.2 Å². The minimum atomic E-state index is -0.0187. The van der Waals surface area contributed by atoms with Crippen LogP contribution in [0.3, 0.4) is 0 Å². The van der Waals surface area contributed by atoms with E-state index in [1.165, 1.54) is 24.0 Å². The van der Waals surface area contributed by atoms with Crippen molar-refractivity contribution in [2.24, 2.45) is 11.8 Å². The minimum absolute atomic E-state index is 0.0187. The summed E-state index contributed by atoms with van der Waals surface area (Å²) in [5.74, 6) is 1.16. The van der Waals surface area contributed by atoms with E-state index < -0.39 is 0 Å². The lowest BCUT2D eigenvalue weighted by molar-refractivity contribution is -0.116. The highest BCUT2D eigenvalue weighted by atomic mass is 16.5. The van der Waals surface area contributed by atoms with Crippen molar-refractivity contribution in [2.45, 2.75) is 25.7 Å². The molecule has 1 N–H and O–H groups in total. The average Bonchev–Trinajstić information content (AvgIpc) is 3.21. The quantitative estimate of drug-likeness (QED) is 0.648. The second-order valence-electron chi connectivity index (χ2n) is 6.54. The van der Waals surface area contributed by atoms with Crippen LogP contribution in [0.5, 0.6) is 0 Å². The summed E-state index contributed by atoms with van der Waals surface area (Å²) in [5.41, 5.74) is 2.99. The third kappa shape index (κ3) is 4.80. The highest BCUT2D eigenvalue weighted by Crippen LogP contribution is 2.28. The summed E-state index contributed by atoms with van der Waals surface area (Å²) in [4.78, 5) is 11.7. The summed E-state index contributed by atoms with van der Waals surface area (Å²) >= 11 is 0. The Labute approximate surface area is 138 Å². The van der Waals surface area contributed by atoms with E-state index in [1.54, 1.807) is 6.08 Å². The van der Waals surface area contributed by atoms with Gasteiger partial charge in [-0.3, -0.25) is 4.79 Å². The molecule has 1 amide bonds. The number of fused-ring (bicyclic) bond motifs is 1. The fourth-order valence-electron chi connectivity index (χ4n) is 3.36. The number of carbonyl (C=O) groups excluding carboxylic acids is 1. The fourth-order valence-corrected chi connectivity index (χ4v) is 3.36. The van der Waals surface area contributed by atoms with Gasteiger partial charge in [-0.2, -0.15) is 0 Å². The molecular formula is C20H25NO2. The average molecular weight is 311 g/mol. The van der Waals surface area contributed by atoms with Gasteiger partial charge in [-0.25, -0.2) is 0 Å². The van der Waals surface area contributed by atoms with E-state index in [9.17, 15) is 4.79 Å². The fraction of sp³-hybridized carbons (Fsp3) is 0.450. The molecule has 0 radical (unpaired) electrons. The third-order valence-electron chi connectivity index (χ3n) is 4.69. The molecule has 0 saturated carbocycles. The standard InChI is InChI=1S/C20H25NO2/c22-20(21-14-17-10-11-23-15-17)9-3-1-2-6-16-12-18-7-4-5-8-19(18)13-16/h1-5,7-9,16-17H,6,10-15H2,(H,21,22)/b2-1+,9-3+. The first-order valence-corrected chi connectivity index (χ1v) is 8.57. The Morgan fingerprint density at radius 3 is 2.65 bits per heavy atom. The molecule has 3 nitrogen and oxygen atoms in total. The first-order valence-electron chi connectivity index (χ1n) is 8.57. The van der Waals surface area contributed by atoms with Gasteiger partial charge >= 0.3 is 0 Å². The molecule has 0 aromatic heterocycles. The molecule has 1 aromatic rings. The Morgan fingerprint density at radius 1 is 1.17 bits per heavy atom. The zero-order valence-corrected chi connectivity index (χ0v) is 13.5. The number of carbonyl (C=O) groups is 1. The number of amides is 1. The van der Waals surface area contributed by atoms with Crippen molar-refractivity contribution in [1.82, 2.24) is 5.32 Å². The molecule has 1 unspecified atom stereocenters. The van der Waals surface area contributed by atoms with E-state index in [0.29, 0.717) is 18.4 Å². The van der Waals surface area contributed by atoms with Gasteiger partial charge in [0.1, 0.15) is 0 Å². The molecule has 3 rings (SSSR count). The summed E-state index contributed by atoms with van der Waals surface area (Å²) in [5, 5.41) is 2.93. The maximum Gasteiger partial charge on any atom is 0.243 e. The molecule has 1 fully saturated rings. The van der Waals surface area contributed by atoms with Crippen LogP contribution in [0.2, 0.25) is 0 Å². The number of hydrogen-bond acceptors (Lipinski definition) is 2. The largest absolute Gasteiger partial charge is 0.381 e. The SMILES string of the molecule is O=C(/C=C/C=C/CC1Cc2ccccc2C1)NCC1CCOC1. The summed E-state index contributed by atoms with van der Waals surface area (Å²) in [6.07, 6.45) is 12.1. The number of allylic oxidation sites excluding steroid dienone is 3. The lowest BCUT2D eigenvalue weighted by atomic mass is 10.0. The molecule has 122 valence electrons. The number of benzene rings is 1. The van der Waals surface area contributed by atoms with Crippen molar-refractivity contribution in [3.05, 3.63) is 59.7 Å². The molecule has 1 heterocycles. The zero-order valence-electron chi connectivity index (χ0n) is 13.5. The third-order valence-corrected chi connectivity index (χ3v) is 4.69. The molecule has 1 aromatic carbocycles. The van der Waals surface area contributed by atoms with Crippen LogP contribution in [0.25, 0.3) is 0 Å². The van der Waals surface area contributed by atoms with Gasteiger partial charge in [-0.1, -0.05) is 42.5 Å². The van der Waals surface area contributed by atoms with Crippen LogP contribution in [-0.2, 0) is 22.4 Å². The van der Waals surface area contributed by atoms with Crippen LogP contribution in [0.4, 0.5) is 0 Å². The van der Waals surface area contributed by atoms with E-state index in [4.69, 9.17) is 4.74 Å². The summed E-state index contributed by atoms with van der Waals surface area (Å²) in [6.45, 7) is 2.31. The molecule has 0 spiro atoms. The maximum atomic E-state index is 11.7. The van der Waals surface area contributed by atoms with Crippen LogP contribution < -0.4 is 5.32 Å². The van der Waals surface area contributed by atoms with Crippen molar-refractivity contribution < 1.29 is 9.53 Å². The van der Waals surface area contributed by atoms with Gasteiger partial charge in [0.05, 0.1) is 6.61 Å². The summed E-state index contributed by atoms with van der Waals surface area (Å²) in [6, 6.07) is 8.71. The normalized spacial score (nSPS) is 21.3. The minimum Gasteiger partial charge on any atom is -0.381 e. The van der Waals surface area contributed by atoms with Crippen molar-refractivity contribution in [3.63, 3.8) is 0 Å². The summed E-state index contributed by atoms with van der Waals surface area (Å²) in [7, 11) is 0. The second-order valence-corrected chi connectivity index (χ2v) is 6.54. The van der Waals surface area contributed by atoms with E-state index in [-0.39, 0.29) is 5.91 Å². The highest BCUT2D eigenvalue weighted by molar-refractivity contribution is 5.87. The Balaban J connectivity index is 1.34. The second kappa shape index (κ2) is 8.11. The molecule has 1 aliphatic carbocycles. The zero-order chi connectivity index (χ0) is 15.9. The van der Waals surface area contributed by atoms with Gasteiger partial charge in [-0.15, -0.1) is 0 Å². The first kappa shape index (κ1) is 16.0. The van der Waals surface area contributed by atoms with Crippen molar-refractivity contribution in [2.75, 3.05) is 19.8 Å². The number of rotatable bonds is 6. The van der Waals surface area contributed by atoms with Crippen LogP contribution in [0, 0.1) is 11.8 Å². The number of hydrogen-bond donors (Lipinski definition) is 1. The van der Waals surface area contributed by atoms with E-state index >= 15 is 0 Å². The predicted octanol–water partition coefficient (Wildman–Crippen LogP) is 3.06. The maximum absolute atomic E-state index is 11.7. The van der Waals surface area contributed by atoms with Crippen LogP contribution in [-0.4, -0.2) is 25.7 Å². The number of nitrogens with one attached hydrogen (secondary N) is 1. The number of ether oxygens (including phenoxy) is 1. The van der Waals surface area contributed by atoms with Crippen molar-refractivity contribution in [1.29, 1.82) is 0 Å². The van der Waals surface area contributed by atoms with E-state index in [2.05, 4.69) is 35.7 Å². The lowest BCUT2D eigenvalue weighted by Crippen LogP contribution is -2.27. The Kier molecular flexibility index (Phi) is 5.65. The smallest absolute Gasteiger partial charge is 0.243 e. The molecule has 1 aliphatic heterocycles. The Bertz CT molecular complexity index is 560. The highest BCUT2D eigenvalue weighted by Gasteiger charge is 2.19. The lowest BCUT2D eigenvalue weighted by Gasteiger charge is -2.06. The van der Waals surface area contributed by atoms with Crippen molar-refractivity contribution >= 4 is 5.91 Å². The first-order chi connectivity index (χ1) is 11.3. The van der Waals surface area contributed by atoms with Gasteiger partial charge in [0.2, 0.25) is 5.91 Å². The van der Waals surface area contributed by atoms with Gasteiger partial charge in [0, 0.05) is 25.1 Å². The van der Waals surface area contributed by atoms with Gasteiger partial charge in [0.25, 0.3) is 0 Å². The van der Waals surface area contributed by atoms with Crippen molar-refractivity contribution in [3.8, 4) is 0 Å². The van der Waals surface area contributed by atoms with Gasteiger partial charge < -0.3 is 10.1 Å². The summed E-state index contributed by atoms with van der Waals surface area (Å²) < 4.78 is 5.29. The molecule has 1 atom stereocenters. The van der Waals surface area contributed by atoms with Gasteiger partial charge in [0.15, 0.2) is 0 Å². The van der Waals surface area contributed by atoms with Crippen LogP contribution >= 0.6 is 0 Å². The molecule has 1 saturated heterocycles. The topological polar surface area (TPSA) is 38.3 Å². The molecule has 23 heavy (non-hydrogen) atoms. The predicted molar refractivity (Wildman–Crippen MR) is 92.2 cm³/mol. The van der Waals surface area contributed by atoms with Crippen LogP contribution in [0.15, 0.2) is 48.6 Å². The molecular weight excluding hydrogens is 286 g/mol. The Hall–Kier alpha value is -1.87. The molecule has 0 bridgehead atoms. The van der Waals surface area contributed by atoms with E-state index in [0.717, 1.165) is 26.1 Å².